The van der Waals surface area contributed by atoms with E-state index in [0.717, 1.165) is 56.6 Å². The minimum atomic E-state index is -0.248. The summed E-state index contributed by atoms with van der Waals surface area (Å²) in [5, 5.41) is 7.65. The van der Waals surface area contributed by atoms with Crippen molar-refractivity contribution < 1.29 is 9.53 Å². The lowest BCUT2D eigenvalue weighted by molar-refractivity contribution is 0.102. The van der Waals surface area contributed by atoms with E-state index < -0.39 is 0 Å². The maximum absolute atomic E-state index is 13.1. The highest BCUT2D eigenvalue weighted by Crippen LogP contribution is 2.20. The first-order valence-corrected chi connectivity index (χ1v) is 13.9. The molecule has 1 aromatic heterocycles. The number of methoxy groups -OCH3 is 1. The number of hydrogen-bond donors (Lipinski definition) is 3. The van der Waals surface area contributed by atoms with Crippen molar-refractivity contribution in [2.45, 2.75) is 32.1 Å². The number of amides is 1. The monoisotopic (exact) mass is 533 g/mol. The first-order valence-electron chi connectivity index (χ1n) is 13.9. The SMILES string of the molecule is COc1ccc(CCCNCCCCc2ccc(NC(=O)c3cccc4c(=O)c5ccccc5[nH]c34)cc2)cc1. The standard InChI is InChI=1S/C34H35N3O3/c1-40-27-20-16-25(17-21-27)9-7-23-35-22-5-4-8-24-14-18-26(19-15-24)36-34(39)30-12-6-11-29-32(30)37-31-13-3-2-10-28(31)33(29)38/h2-3,6,10-21,35H,4-5,7-9,22-23H2,1H3,(H,36,39)(H,37,38). The van der Waals surface area contributed by atoms with Crippen LogP contribution in [0.5, 0.6) is 5.75 Å². The molecule has 1 heterocycles. The van der Waals surface area contributed by atoms with Crippen LogP contribution in [0.1, 0.15) is 40.7 Å². The van der Waals surface area contributed by atoms with Crippen LogP contribution in [0.2, 0.25) is 0 Å². The van der Waals surface area contributed by atoms with Crippen molar-refractivity contribution in [3.63, 3.8) is 0 Å². The third kappa shape index (κ3) is 6.58. The average Bonchev–Trinajstić information content (AvgIpc) is 2.99. The third-order valence-corrected chi connectivity index (χ3v) is 7.24. The number of anilines is 1. The number of fused-ring (bicyclic) bond motifs is 2. The lowest BCUT2D eigenvalue weighted by Gasteiger charge is -2.10. The number of nitrogens with one attached hydrogen (secondary N) is 3. The minimum absolute atomic E-state index is 0.0767. The van der Waals surface area contributed by atoms with Crippen LogP contribution in [-0.2, 0) is 12.8 Å². The van der Waals surface area contributed by atoms with Gasteiger partial charge in [0.1, 0.15) is 5.75 Å². The number of aromatic nitrogens is 1. The zero-order valence-corrected chi connectivity index (χ0v) is 22.8. The van der Waals surface area contributed by atoms with Crippen LogP contribution >= 0.6 is 0 Å². The number of carbonyl (C=O) groups is 1. The molecule has 3 N–H and O–H groups in total. The molecule has 0 saturated carbocycles. The summed E-state index contributed by atoms with van der Waals surface area (Å²) in [6.45, 7) is 2.03. The molecule has 0 unspecified atom stereocenters. The van der Waals surface area contributed by atoms with E-state index in [1.54, 1.807) is 31.4 Å². The van der Waals surface area contributed by atoms with Crippen LogP contribution in [-0.4, -0.2) is 31.1 Å². The molecule has 5 aromatic rings. The van der Waals surface area contributed by atoms with E-state index >= 15 is 0 Å². The van der Waals surface area contributed by atoms with Gasteiger partial charge in [0.25, 0.3) is 5.91 Å². The van der Waals surface area contributed by atoms with Gasteiger partial charge in [-0.2, -0.15) is 0 Å². The van der Waals surface area contributed by atoms with Gasteiger partial charge in [-0.1, -0.05) is 42.5 Å². The molecule has 0 spiro atoms. The molecule has 0 fully saturated rings. The highest BCUT2D eigenvalue weighted by Gasteiger charge is 2.14. The molecular weight excluding hydrogens is 498 g/mol. The number of para-hydroxylation sites is 2. The van der Waals surface area contributed by atoms with Crippen LogP contribution in [0.4, 0.5) is 5.69 Å². The number of hydrogen-bond acceptors (Lipinski definition) is 4. The van der Waals surface area contributed by atoms with Gasteiger partial charge in [0.2, 0.25) is 0 Å². The molecule has 0 aliphatic heterocycles. The number of carbonyl (C=O) groups excluding carboxylic acids is 1. The Labute approximate surface area is 234 Å². The summed E-state index contributed by atoms with van der Waals surface area (Å²) in [6, 6.07) is 28.9. The van der Waals surface area contributed by atoms with Crippen LogP contribution in [0.15, 0.2) is 95.8 Å². The Kier molecular flexibility index (Phi) is 8.89. The van der Waals surface area contributed by atoms with Crippen molar-refractivity contribution in [3.8, 4) is 5.75 Å². The smallest absolute Gasteiger partial charge is 0.257 e. The second-order valence-electron chi connectivity index (χ2n) is 10.0. The van der Waals surface area contributed by atoms with Gasteiger partial charge >= 0.3 is 0 Å². The molecule has 0 saturated heterocycles. The van der Waals surface area contributed by atoms with Crippen LogP contribution in [0.25, 0.3) is 21.8 Å². The molecule has 0 aliphatic carbocycles. The maximum Gasteiger partial charge on any atom is 0.257 e. The second kappa shape index (κ2) is 13.1. The van der Waals surface area contributed by atoms with Crippen molar-refractivity contribution in [1.82, 2.24) is 10.3 Å². The number of rotatable bonds is 12. The molecule has 1 amide bonds. The Morgan fingerprint density at radius 2 is 1.43 bits per heavy atom. The summed E-state index contributed by atoms with van der Waals surface area (Å²) in [4.78, 5) is 29.4. The number of H-pyrrole nitrogens is 1. The summed E-state index contributed by atoms with van der Waals surface area (Å²) in [6.07, 6.45) is 5.41. The number of aryl methyl sites for hydroxylation is 2. The molecule has 0 bridgehead atoms. The van der Waals surface area contributed by atoms with Crippen LogP contribution in [0.3, 0.4) is 0 Å². The van der Waals surface area contributed by atoms with E-state index in [9.17, 15) is 9.59 Å². The zero-order chi connectivity index (χ0) is 27.7. The van der Waals surface area contributed by atoms with E-state index in [1.807, 2.05) is 42.5 Å². The molecule has 0 radical (unpaired) electrons. The van der Waals surface area contributed by atoms with Crippen molar-refractivity contribution in [2.24, 2.45) is 0 Å². The van der Waals surface area contributed by atoms with E-state index in [0.29, 0.717) is 27.4 Å². The predicted molar refractivity (Wildman–Crippen MR) is 164 cm³/mol. The topological polar surface area (TPSA) is 83.2 Å². The Balaban J connectivity index is 1.07. The van der Waals surface area contributed by atoms with Gasteiger partial charge in [0.15, 0.2) is 5.43 Å². The summed E-state index contributed by atoms with van der Waals surface area (Å²) >= 11 is 0. The summed E-state index contributed by atoms with van der Waals surface area (Å²) in [5.41, 5.74) is 4.95. The minimum Gasteiger partial charge on any atom is -0.497 e. The van der Waals surface area contributed by atoms with E-state index in [2.05, 4.69) is 39.9 Å². The fraction of sp³-hybridized carbons (Fsp3) is 0.235. The molecule has 40 heavy (non-hydrogen) atoms. The fourth-order valence-corrected chi connectivity index (χ4v) is 5.00. The van der Waals surface area contributed by atoms with E-state index in [1.165, 1.54) is 11.1 Å². The molecular formula is C34H35N3O3. The van der Waals surface area contributed by atoms with Crippen molar-refractivity contribution >= 4 is 33.4 Å². The van der Waals surface area contributed by atoms with Gasteiger partial charge < -0.3 is 20.4 Å². The van der Waals surface area contributed by atoms with Crippen LogP contribution in [0, 0.1) is 0 Å². The number of ether oxygens (including phenoxy) is 1. The molecule has 5 rings (SSSR count). The molecule has 6 heteroatoms. The summed E-state index contributed by atoms with van der Waals surface area (Å²) < 4.78 is 5.21. The Bertz CT molecular complexity index is 1640. The van der Waals surface area contributed by atoms with Gasteiger partial charge in [-0.25, -0.2) is 0 Å². The largest absolute Gasteiger partial charge is 0.497 e. The fourth-order valence-electron chi connectivity index (χ4n) is 5.00. The lowest BCUT2D eigenvalue weighted by atomic mass is 10.1. The first kappa shape index (κ1) is 27.2. The first-order chi connectivity index (χ1) is 19.6. The van der Waals surface area contributed by atoms with E-state index in [4.69, 9.17) is 4.74 Å². The third-order valence-electron chi connectivity index (χ3n) is 7.24. The number of pyridine rings is 1. The lowest BCUT2D eigenvalue weighted by Crippen LogP contribution is -2.17. The van der Waals surface area contributed by atoms with E-state index in [-0.39, 0.29) is 11.3 Å². The molecule has 6 nitrogen and oxygen atoms in total. The maximum atomic E-state index is 13.1. The Morgan fingerprint density at radius 1 is 0.750 bits per heavy atom. The Hall–Kier alpha value is -4.42. The van der Waals surface area contributed by atoms with Gasteiger partial charge in [0, 0.05) is 22.0 Å². The normalized spacial score (nSPS) is 11.1. The summed E-state index contributed by atoms with van der Waals surface area (Å²) in [5.74, 6) is 0.650. The molecule has 204 valence electrons. The molecule has 0 atom stereocenters. The van der Waals surface area contributed by atoms with Crippen LogP contribution < -0.4 is 20.8 Å². The van der Waals surface area contributed by atoms with Crippen molar-refractivity contribution in [3.05, 3.63) is 118 Å². The number of unbranched alkanes of at least 4 members (excludes halogenated alkanes) is 1. The molecule has 4 aromatic carbocycles. The zero-order valence-electron chi connectivity index (χ0n) is 22.8. The van der Waals surface area contributed by atoms with Crippen molar-refractivity contribution in [1.29, 1.82) is 0 Å². The number of benzene rings is 4. The van der Waals surface area contributed by atoms with Gasteiger partial charge in [-0.3, -0.25) is 9.59 Å². The Morgan fingerprint density at radius 3 is 2.20 bits per heavy atom. The van der Waals surface area contributed by atoms with Gasteiger partial charge in [-0.05, 0) is 105 Å². The van der Waals surface area contributed by atoms with Gasteiger partial charge in [0.05, 0.1) is 18.2 Å². The second-order valence-corrected chi connectivity index (χ2v) is 10.0. The number of aromatic amines is 1. The average molecular weight is 534 g/mol. The quantitative estimate of drug-likeness (QED) is 0.126. The predicted octanol–water partition coefficient (Wildman–Crippen LogP) is 6.49. The highest BCUT2D eigenvalue weighted by molar-refractivity contribution is 6.13. The van der Waals surface area contributed by atoms with Crippen molar-refractivity contribution in [2.75, 3.05) is 25.5 Å². The van der Waals surface area contributed by atoms with Gasteiger partial charge in [-0.15, -0.1) is 0 Å². The summed E-state index contributed by atoms with van der Waals surface area (Å²) in [7, 11) is 1.69. The highest BCUT2D eigenvalue weighted by atomic mass is 16.5. The molecule has 0 aliphatic rings.